The molecule has 134 valence electrons. The number of benzene rings is 2. The molecule has 0 saturated heterocycles. The van der Waals surface area contributed by atoms with Gasteiger partial charge in [0.1, 0.15) is 11.5 Å². The molecular weight excluding hydrogens is 314 g/mol. The lowest BCUT2D eigenvalue weighted by atomic mass is 10.2. The van der Waals surface area contributed by atoms with Crippen LogP contribution in [0.3, 0.4) is 0 Å². The number of rotatable bonds is 10. The zero-order valence-electron chi connectivity index (χ0n) is 15.1. The first-order valence-corrected chi connectivity index (χ1v) is 8.89. The third-order valence-corrected chi connectivity index (χ3v) is 3.71. The van der Waals surface area contributed by atoms with Crippen LogP contribution < -0.4 is 14.8 Å². The lowest BCUT2D eigenvalue weighted by molar-refractivity contribution is -0.116. The zero-order chi connectivity index (χ0) is 17.9. The molecular formula is C21H27NO3. The number of nitrogens with one attached hydrogen (secondary N) is 1. The number of aryl methyl sites for hydroxylation is 1. The highest BCUT2D eigenvalue weighted by Gasteiger charge is 2.03. The summed E-state index contributed by atoms with van der Waals surface area (Å²) in [5.74, 6) is 1.67. The molecule has 0 aliphatic carbocycles. The van der Waals surface area contributed by atoms with Crippen molar-refractivity contribution < 1.29 is 14.3 Å². The van der Waals surface area contributed by atoms with Crippen molar-refractivity contribution in [3.8, 4) is 11.5 Å². The van der Waals surface area contributed by atoms with Gasteiger partial charge in [0.25, 0.3) is 0 Å². The Morgan fingerprint density at radius 2 is 1.68 bits per heavy atom. The Hall–Kier alpha value is -2.49. The van der Waals surface area contributed by atoms with E-state index >= 15 is 0 Å². The molecule has 25 heavy (non-hydrogen) atoms. The van der Waals surface area contributed by atoms with Crippen LogP contribution in [0.15, 0.2) is 48.5 Å². The average molecular weight is 341 g/mol. The van der Waals surface area contributed by atoms with E-state index in [1.807, 2.05) is 55.5 Å². The first-order valence-electron chi connectivity index (χ1n) is 8.89. The van der Waals surface area contributed by atoms with E-state index in [2.05, 4.69) is 12.2 Å². The fourth-order valence-electron chi connectivity index (χ4n) is 2.32. The van der Waals surface area contributed by atoms with Gasteiger partial charge in [0.15, 0.2) is 0 Å². The Bertz CT molecular complexity index is 652. The molecule has 2 aromatic carbocycles. The van der Waals surface area contributed by atoms with Crippen molar-refractivity contribution >= 4 is 11.6 Å². The highest BCUT2D eigenvalue weighted by Crippen LogP contribution is 2.17. The SMILES string of the molecule is CCCCOc1ccc(NC(=O)CCCOc2cccc(C)c2)cc1. The van der Waals surface area contributed by atoms with Crippen molar-refractivity contribution in [2.45, 2.75) is 39.5 Å². The lowest BCUT2D eigenvalue weighted by Crippen LogP contribution is -2.12. The van der Waals surface area contributed by atoms with Gasteiger partial charge in [-0.05, 0) is 61.7 Å². The van der Waals surface area contributed by atoms with Gasteiger partial charge < -0.3 is 14.8 Å². The molecule has 0 fully saturated rings. The molecule has 0 radical (unpaired) electrons. The summed E-state index contributed by atoms with van der Waals surface area (Å²) in [6, 6.07) is 15.4. The second-order valence-corrected chi connectivity index (χ2v) is 6.04. The highest BCUT2D eigenvalue weighted by molar-refractivity contribution is 5.90. The smallest absolute Gasteiger partial charge is 0.224 e. The lowest BCUT2D eigenvalue weighted by Gasteiger charge is -2.09. The monoisotopic (exact) mass is 341 g/mol. The molecule has 4 heteroatoms. The summed E-state index contributed by atoms with van der Waals surface area (Å²) >= 11 is 0. The van der Waals surface area contributed by atoms with Crippen molar-refractivity contribution in [1.29, 1.82) is 0 Å². The molecule has 4 nitrogen and oxygen atoms in total. The Labute approximate surface area is 150 Å². The van der Waals surface area contributed by atoms with E-state index in [-0.39, 0.29) is 5.91 Å². The van der Waals surface area contributed by atoms with Crippen molar-refractivity contribution in [3.05, 3.63) is 54.1 Å². The van der Waals surface area contributed by atoms with Crippen LogP contribution in [-0.4, -0.2) is 19.1 Å². The summed E-state index contributed by atoms with van der Waals surface area (Å²) in [5, 5.41) is 2.89. The summed E-state index contributed by atoms with van der Waals surface area (Å²) < 4.78 is 11.3. The van der Waals surface area contributed by atoms with Crippen molar-refractivity contribution in [2.75, 3.05) is 18.5 Å². The summed E-state index contributed by atoms with van der Waals surface area (Å²) in [4.78, 5) is 12.0. The number of hydrogen-bond donors (Lipinski definition) is 1. The van der Waals surface area contributed by atoms with Gasteiger partial charge in [-0.15, -0.1) is 0 Å². The van der Waals surface area contributed by atoms with Gasteiger partial charge in [0, 0.05) is 12.1 Å². The van der Waals surface area contributed by atoms with Gasteiger partial charge in [-0.25, -0.2) is 0 Å². The minimum Gasteiger partial charge on any atom is -0.494 e. The maximum atomic E-state index is 12.0. The van der Waals surface area contributed by atoms with Crippen LogP contribution in [0.1, 0.15) is 38.2 Å². The molecule has 0 spiro atoms. The molecule has 0 aromatic heterocycles. The van der Waals surface area contributed by atoms with Crippen LogP contribution in [0.25, 0.3) is 0 Å². The number of unbranched alkanes of at least 4 members (excludes halogenated alkanes) is 1. The van der Waals surface area contributed by atoms with Gasteiger partial charge in [-0.2, -0.15) is 0 Å². The van der Waals surface area contributed by atoms with Gasteiger partial charge in [-0.3, -0.25) is 4.79 Å². The molecule has 0 aliphatic rings. The Morgan fingerprint density at radius 3 is 2.40 bits per heavy atom. The van der Waals surface area contributed by atoms with E-state index in [4.69, 9.17) is 9.47 Å². The number of ether oxygens (including phenoxy) is 2. The van der Waals surface area contributed by atoms with Crippen molar-refractivity contribution in [2.24, 2.45) is 0 Å². The molecule has 0 heterocycles. The number of carbonyl (C=O) groups is 1. The number of hydrogen-bond acceptors (Lipinski definition) is 3. The maximum absolute atomic E-state index is 12.0. The summed E-state index contributed by atoms with van der Waals surface area (Å²) in [6.07, 6.45) is 3.27. The summed E-state index contributed by atoms with van der Waals surface area (Å²) in [6.45, 7) is 5.42. The molecule has 0 bridgehead atoms. The molecule has 1 N–H and O–H groups in total. The second kappa shape index (κ2) is 10.4. The van der Waals surface area contributed by atoms with E-state index in [1.165, 1.54) is 0 Å². The molecule has 0 atom stereocenters. The standard InChI is InChI=1S/C21H27NO3/c1-3-4-14-24-19-12-10-18(11-13-19)22-21(23)9-6-15-25-20-8-5-7-17(2)16-20/h5,7-8,10-13,16H,3-4,6,9,14-15H2,1-2H3,(H,22,23). The average Bonchev–Trinajstić information content (AvgIpc) is 2.61. The van der Waals surface area contributed by atoms with E-state index in [0.717, 1.165) is 42.2 Å². The fourth-order valence-corrected chi connectivity index (χ4v) is 2.32. The summed E-state index contributed by atoms with van der Waals surface area (Å²) in [7, 11) is 0. The molecule has 0 unspecified atom stereocenters. The van der Waals surface area contributed by atoms with Crippen molar-refractivity contribution in [1.82, 2.24) is 0 Å². The Morgan fingerprint density at radius 1 is 0.960 bits per heavy atom. The minimum absolute atomic E-state index is 0.00695. The van der Waals surface area contributed by atoms with E-state index < -0.39 is 0 Å². The number of anilines is 1. The third-order valence-electron chi connectivity index (χ3n) is 3.71. The second-order valence-electron chi connectivity index (χ2n) is 6.04. The van der Waals surface area contributed by atoms with E-state index in [0.29, 0.717) is 19.4 Å². The normalized spacial score (nSPS) is 10.3. The van der Waals surface area contributed by atoms with E-state index in [9.17, 15) is 4.79 Å². The molecule has 2 aromatic rings. The topological polar surface area (TPSA) is 47.6 Å². The van der Waals surface area contributed by atoms with Gasteiger partial charge in [-0.1, -0.05) is 25.5 Å². The van der Waals surface area contributed by atoms with Crippen LogP contribution in [0.4, 0.5) is 5.69 Å². The third kappa shape index (κ3) is 7.29. The van der Waals surface area contributed by atoms with Gasteiger partial charge in [0.05, 0.1) is 13.2 Å². The molecule has 0 aliphatic heterocycles. The Kier molecular flexibility index (Phi) is 7.83. The molecule has 2 rings (SSSR count). The van der Waals surface area contributed by atoms with E-state index in [1.54, 1.807) is 0 Å². The fraction of sp³-hybridized carbons (Fsp3) is 0.381. The van der Waals surface area contributed by atoms with Crippen molar-refractivity contribution in [3.63, 3.8) is 0 Å². The first-order chi connectivity index (χ1) is 12.2. The Balaban J connectivity index is 1.66. The molecule has 0 saturated carbocycles. The summed E-state index contributed by atoms with van der Waals surface area (Å²) in [5.41, 5.74) is 1.95. The van der Waals surface area contributed by atoms with Crippen LogP contribution in [0, 0.1) is 6.92 Å². The number of carbonyl (C=O) groups excluding carboxylic acids is 1. The van der Waals surface area contributed by atoms with Crippen LogP contribution >= 0.6 is 0 Å². The number of amides is 1. The predicted molar refractivity (Wildman–Crippen MR) is 101 cm³/mol. The van der Waals surface area contributed by atoms with Crippen LogP contribution in [-0.2, 0) is 4.79 Å². The largest absolute Gasteiger partial charge is 0.494 e. The van der Waals surface area contributed by atoms with Gasteiger partial charge >= 0.3 is 0 Å². The quantitative estimate of drug-likeness (QED) is 0.621. The molecule has 1 amide bonds. The van der Waals surface area contributed by atoms with Crippen LogP contribution in [0.5, 0.6) is 11.5 Å². The zero-order valence-corrected chi connectivity index (χ0v) is 15.1. The minimum atomic E-state index is -0.00695. The highest BCUT2D eigenvalue weighted by atomic mass is 16.5. The maximum Gasteiger partial charge on any atom is 0.224 e. The first kappa shape index (κ1) is 18.8. The predicted octanol–water partition coefficient (Wildman–Crippen LogP) is 4.97. The van der Waals surface area contributed by atoms with Crippen LogP contribution in [0.2, 0.25) is 0 Å². The van der Waals surface area contributed by atoms with Gasteiger partial charge in [0.2, 0.25) is 5.91 Å².